The highest BCUT2D eigenvalue weighted by molar-refractivity contribution is 7.94. The lowest BCUT2D eigenvalue weighted by Crippen LogP contribution is -2.14. The monoisotopic (exact) mass is 736 g/mol. The molecular weight excluding hydrogens is 717 g/mol. The molecule has 0 radical (unpaired) electrons. The molecule has 0 aliphatic rings. The topological polar surface area (TPSA) is 260 Å². The Bertz CT molecular complexity index is 2450. The van der Waals surface area contributed by atoms with Crippen molar-refractivity contribution in [3.63, 3.8) is 0 Å². The lowest BCUT2D eigenvalue weighted by atomic mass is 10.1. The highest BCUT2D eigenvalue weighted by Gasteiger charge is 2.21. The van der Waals surface area contributed by atoms with Crippen LogP contribution >= 0.6 is 12.0 Å². The van der Waals surface area contributed by atoms with E-state index in [4.69, 9.17) is 5.26 Å². The second-order valence-corrected chi connectivity index (χ2v) is 14.8. The number of carbonyl (C=O) groups is 2. The molecule has 0 atom stereocenters. The molecule has 0 aliphatic heterocycles. The SMILES string of the molecule is O=C(Nc1ccc2c(S(=O)(=O)O)cc(SOOO)cc2c1)c1ccc(C(=O)Nc2ccc3c(S(=O)(=O)O)cc(S(=O)(=O)O)cc3c2)cc1. The number of hydrogen-bond donors (Lipinski definition) is 6. The van der Waals surface area contributed by atoms with Crippen LogP contribution in [0.15, 0.2) is 105 Å². The second-order valence-electron chi connectivity index (χ2n) is 9.85. The third-order valence-electron chi connectivity index (χ3n) is 6.72. The number of hydrogen-bond acceptors (Lipinski definition) is 12. The fourth-order valence-corrected chi connectivity index (χ4v) is 7.25. The Morgan fingerprint density at radius 2 is 1.04 bits per heavy atom. The summed E-state index contributed by atoms with van der Waals surface area (Å²) in [4.78, 5) is 24.0. The lowest BCUT2D eigenvalue weighted by molar-refractivity contribution is -0.432. The van der Waals surface area contributed by atoms with Gasteiger partial charge in [0.25, 0.3) is 42.2 Å². The molecule has 5 aromatic carbocycles. The van der Waals surface area contributed by atoms with Crippen LogP contribution in [0.1, 0.15) is 20.7 Å². The molecule has 0 bridgehead atoms. The van der Waals surface area contributed by atoms with E-state index in [0.717, 1.165) is 12.1 Å². The van der Waals surface area contributed by atoms with Crippen LogP contribution in [0.4, 0.5) is 11.4 Å². The summed E-state index contributed by atoms with van der Waals surface area (Å²) in [5.41, 5.74) is 0.569. The number of anilines is 2. The number of fused-ring (bicyclic) bond motifs is 2. The van der Waals surface area contributed by atoms with Gasteiger partial charge in [0.1, 0.15) is 9.79 Å². The summed E-state index contributed by atoms with van der Waals surface area (Å²) < 4.78 is 104. The molecule has 0 aliphatic carbocycles. The summed E-state index contributed by atoms with van der Waals surface area (Å²) in [6.07, 6.45) is 0. The van der Waals surface area contributed by atoms with Crippen LogP contribution in [-0.4, -0.2) is 56.0 Å². The molecule has 0 saturated heterocycles. The van der Waals surface area contributed by atoms with Crippen molar-refractivity contribution in [1.29, 1.82) is 0 Å². The molecule has 250 valence electrons. The first-order valence-corrected chi connectivity index (χ1v) is 18.0. The van der Waals surface area contributed by atoms with E-state index in [0.29, 0.717) is 18.1 Å². The Morgan fingerprint density at radius 3 is 1.48 bits per heavy atom. The first-order valence-electron chi connectivity index (χ1n) is 12.9. The van der Waals surface area contributed by atoms with Crippen molar-refractivity contribution in [2.75, 3.05) is 10.6 Å². The minimum absolute atomic E-state index is 0.0343. The molecule has 0 spiro atoms. The van der Waals surface area contributed by atoms with Gasteiger partial charge in [0.15, 0.2) is 0 Å². The third-order valence-corrected chi connectivity index (χ3v) is 9.89. The van der Waals surface area contributed by atoms with Crippen molar-refractivity contribution < 1.29 is 63.1 Å². The molecule has 5 aromatic rings. The summed E-state index contributed by atoms with van der Waals surface area (Å²) >= 11 is 0.459. The van der Waals surface area contributed by atoms with Gasteiger partial charge in [0.2, 0.25) is 0 Å². The molecule has 2 amide bonds. The van der Waals surface area contributed by atoms with Gasteiger partial charge in [-0.25, -0.2) is 5.26 Å². The summed E-state index contributed by atoms with van der Waals surface area (Å²) in [5, 5.41) is 17.4. The molecule has 0 heterocycles. The summed E-state index contributed by atoms with van der Waals surface area (Å²) in [5.74, 6) is -1.26. The lowest BCUT2D eigenvalue weighted by Gasteiger charge is -2.11. The standard InChI is InChI=1S/C28H20N2O14S4/c31-27(29-19-5-7-23-17(9-19)11-21(45-44-43-33)13-25(23)47(37,38)39)15-1-3-16(4-2-15)28(32)30-20-6-8-24-18(10-20)12-22(46(34,35)36)14-26(24)48(40,41)42/h1-14,33H,(H,29,31)(H,30,32)(H,34,35,36)(H,37,38,39)(H,40,41,42). The van der Waals surface area contributed by atoms with Crippen LogP contribution in [0, 0.1) is 0 Å². The predicted octanol–water partition coefficient (Wildman–Crippen LogP) is 4.67. The molecule has 16 nitrogen and oxygen atoms in total. The molecule has 5 rings (SSSR count). The molecule has 6 N–H and O–H groups in total. The van der Waals surface area contributed by atoms with Crippen LogP contribution in [0.25, 0.3) is 21.5 Å². The summed E-state index contributed by atoms with van der Waals surface area (Å²) in [6, 6.07) is 17.4. The minimum atomic E-state index is -4.89. The highest BCUT2D eigenvalue weighted by atomic mass is 32.2. The fourth-order valence-electron chi connectivity index (χ4n) is 4.63. The number of carbonyl (C=O) groups excluding carboxylic acids is 2. The Balaban J connectivity index is 1.35. The average molecular weight is 737 g/mol. The maximum Gasteiger partial charge on any atom is 0.295 e. The van der Waals surface area contributed by atoms with Crippen LogP contribution in [-0.2, 0) is 39.7 Å². The molecule has 0 unspecified atom stereocenters. The number of amides is 2. The quantitative estimate of drug-likeness (QED) is 0.0493. The largest absolute Gasteiger partial charge is 0.322 e. The van der Waals surface area contributed by atoms with Crippen LogP contribution in [0.2, 0.25) is 0 Å². The van der Waals surface area contributed by atoms with Gasteiger partial charge in [-0.05, 0) is 83.6 Å². The van der Waals surface area contributed by atoms with Crippen LogP contribution in [0.5, 0.6) is 0 Å². The summed E-state index contributed by atoms with van der Waals surface area (Å²) in [7, 11) is -14.4. The van der Waals surface area contributed by atoms with Crippen LogP contribution < -0.4 is 10.6 Å². The van der Waals surface area contributed by atoms with Crippen molar-refractivity contribution in [2.45, 2.75) is 19.6 Å². The van der Waals surface area contributed by atoms with Gasteiger partial charge in [-0.1, -0.05) is 17.2 Å². The van der Waals surface area contributed by atoms with Gasteiger partial charge in [-0.2, -0.15) is 25.3 Å². The molecule has 0 fully saturated rings. The van der Waals surface area contributed by atoms with E-state index < -0.39 is 56.9 Å². The fraction of sp³-hybridized carbons (Fsp3) is 0. The maximum absolute atomic E-state index is 12.9. The van der Waals surface area contributed by atoms with E-state index in [1.807, 2.05) is 0 Å². The van der Waals surface area contributed by atoms with Crippen molar-refractivity contribution in [2.24, 2.45) is 0 Å². The second kappa shape index (κ2) is 13.2. The van der Waals surface area contributed by atoms with E-state index in [9.17, 15) is 48.5 Å². The molecule has 0 saturated carbocycles. The van der Waals surface area contributed by atoms with Crippen molar-refractivity contribution in [3.05, 3.63) is 96.1 Å². The van der Waals surface area contributed by atoms with Crippen LogP contribution in [0.3, 0.4) is 0 Å². The predicted molar refractivity (Wildman–Crippen MR) is 170 cm³/mol. The number of rotatable bonds is 10. The molecule has 48 heavy (non-hydrogen) atoms. The van der Waals surface area contributed by atoms with Gasteiger partial charge < -0.3 is 10.6 Å². The molecular formula is C28H20N2O14S4. The normalized spacial score (nSPS) is 12.2. The van der Waals surface area contributed by atoms with E-state index in [1.54, 1.807) is 0 Å². The average Bonchev–Trinajstić information content (AvgIpc) is 3.01. The van der Waals surface area contributed by atoms with E-state index in [-0.39, 0.29) is 48.9 Å². The van der Waals surface area contributed by atoms with Gasteiger partial charge in [-0.15, -0.1) is 4.33 Å². The van der Waals surface area contributed by atoms with Crippen molar-refractivity contribution >= 4 is 87.1 Å². The maximum atomic E-state index is 12.9. The van der Waals surface area contributed by atoms with Gasteiger partial charge >= 0.3 is 0 Å². The molecule has 20 heteroatoms. The summed E-state index contributed by atoms with van der Waals surface area (Å²) in [6.45, 7) is 0. The Hall–Kier alpha value is -4.48. The van der Waals surface area contributed by atoms with E-state index >= 15 is 0 Å². The number of nitrogens with one attached hydrogen (secondary N) is 2. The zero-order chi connectivity index (χ0) is 35.0. The zero-order valence-corrected chi connectivity index (χ0v) is 26.9. The third kappa shape index (κ3) is 7.79. The first kappa shape index (κ1) is 34.8. The molecule has 0 aromatic heterocycles. The number of benzene rings is 5. The van der Waals surface area contributed by atoms with E-state index in [1.165, 1.54) is 66.7 Å². The van der Waals surface area contributed by atoms with Crippen molar-refractivity contribution in [3.8, 4) is 0 Å². The Morgan fingerprint density at radius 1 is 0.583 bits per heavy atom. The first-order chi connectivity index (χ1) is 22.4. The Labute approximate surface area is 275 Å². The Kier molecular flexibility index (Phi) is 9.58. The van der Waals surface area contributed by atoms with Gasteiger partial charge in [0, 0.05) is 38.2 Å². The van der Waals surface area contributed by atoms with E-state index in [2.05, 4.69) is 20.0 Å². The van der Waals surface area contributed by atoms with Gasteiger partial charge in [0.05, 0.1) is 16.9 Å². The highest BCUT2D eigenvalue weighted by Crippen LogP contribution is 2.33. The zero-order valence-electron chi connectivity index (χ0n) is 23.6. The van der Waals surface area contributed by atoms with Crippen molar-refractivity contribution in [1.82, 2.24) is 0 Å². The minimum Gasteiger partial charge on any atom is -0.322 e. The van der Waals surface area contributed by atoms with Gasteiger partial charge in [-0.3, -0.25) is 23.2 Å². The smallest absolute Gasteiger partial charge is 0.295 e.